The Morgan fingerprint density at radius 3 is 2.52 bits per heavy atom. The quantitative estimate of drug-likeness (QED) is 0.501. The van der Waals surface area contributed by atoms with E-state index in [1.807, 2.05) is 22.2 Å². The van der Waals surface area contributed by atoms with Gasteiger partial charge < -0.3 is 9.47 Å². The first-order valence-electron chi connectivity index (χ1n) is 7.14. The van der Waals surface area contributed by atoms with E-state index in [9.17, 15) is 14.9 Å². The van der Waals surface area contributed by atoms with Gasteiger partial charge in [-0.15, -0.1) is 22.7 Å². The van der Waals surface area contributed by atoms with Gasteiger partial charge in [0.25, 0.3) is 0 Å². The van der Waals surface area contributed by atoms with Crippen LogP contribution in [0.2, 0.25) is 0 Å². The van der Waals surface area contributed by atoms with E-state index >= 15 is 0 Å². The predicted molar refractivity (Wildman–Crippen MR) is 95.6 cm³/mol. The third-order valence-corrected chi connectivity index (χ3v) is 5.76. The molecule has 0 spiro atoms. The highest BCUT2D eigenvalue weighted by Crippen LogP contribution is 2.40. The number of ether oxygens (including phenoxy) is 2. The van der Waals surface area contributed by atoms with Crippen LogP contribution in [0.4, 0.5) is 0 Å². The largest absolute Gasteiger partial charge is 0.465 e. The highest BCUT2D eigenvalue weighted by molar-refractivity contribution is 7.18. The Hall–Kier alpha value is -2.89. The molecule has 0 atom stereocenters. The number of nitriles is 1. The second kappa shape index (κ2) is 5.58. The number of esters is 2. The maximum atomic E-state index is 12.5. The average Bonchev–Trinajstić information content (AvgIpc) is 3.34. The van der Waals surface area contributed by atoms with E-state index in [4.69, 9.17) is 9.47 Å². The summed E-state index contributed by atoms with van der Waals surface area (Å²) in [7, 11) is 2.46. The number of fused-ring (bicyclic) bond motifs is 6. The standard InChI is InChI=1S/C17H10N2O4S2/c1-22-16(20)12-10(5-18)19-11-7-24-6-9(11)8-3-4-25-15(8)14(19)13(12)17(21)23-2/h3-4,6-7H,1-2H3. The Balaban J connectivity index is 2.39. The summed E-state index contributed by atoms with van der Waals surface area (Å²) in [4.78, 5) is 24.9. The molecule has 0 aliphatic carbocycles. The Morgan fingerprint density at radius 2 is 1.84 bits per heavy atom. The van der Waals surface area contributed by atoms with Gasteiger partial charge in [-0.05, 0) is 11.4 Å². The third kappa shape index (κ3) is 1.94. The monoisotopic (exact) mass is 370 g/mol. The zero-order valence-corrected chi connectivity index (χ0v) is 14.8. The molecule has 0 N–H and O–H groups in total. The summed E-state index contributed by atoms with van der Waals surface area (Å²) in [6.07, 6.45) is 0. The smallest absolute Gasteiger partial charge is 0.341 e. The maximum Gasteiger partial charge on any atom is 0.341 e. The topological polar surface area (TPSA) is 80.8 Å². The third-order valence-electron chi connectivity index (χ3n) is 4.11. The van der Waals surface area contributed by atoms with Crippen LogP contribution in [0, 0.1) is 11.3 Å². The summed E-state index contributed by atoms with van der Waals surface area (Å²) in [5.41, 5.74) is 1.33. The highest BCUT2D eigenvalue weighted by Gasteiger charge is 2.32. The van der Waals surface area contributed by atoms with E-state index in [0.717, 1.165) is 21.0 Å². The second-order valence-electron chi connectivity index (χ2n) is 5.21. The van der Waals surface area contributed by atoms with E-state index < -0.39 is 11.9 Å². The minimum atomic E-state index is -0.742. The van der Waals surface area contributed by atoms with Gasteiger partial charge >= 0.3 is 11.9 Å². The molecule has 4 rings (SSSR count). The summed E-state index contributed by atoms with van der Waals surface area (Å²) >= 11 is 2.93. The van der Waals surface area contributed by atoms with Crippen molar-refractivity contribution in [2.24, 2.45) is 0 Å². The normalized spacial score (nSPS) is 11.1. The van der Waals surface area contributed by atoms with E-state index in [0.29, 0.717) is 5.52 Å². The van der Waals surface area contributed by atoms with Crippen LogP contribution in [0.3, 0.4) is 0 Å². The minimum absolute atomic E-state index is 0.0615. The minimum Gasteiger partial charge on any atom is -0.465 e. The molecular weight excluding hydrogens is 360 g/mol. The molecule has 0 aromatic carbocycles. The molecule has 4 aromatic heterocycles. The van der Waals surface area contributed by atoms with Crippen LogP contribution in [-0.4, -0.2) is 30.6 Å². The van der Waals surface area contributed by atoms with Gasteiger partial charge in [0, 0.05) is 21.5 Å². The number of hydrogen-bond donors (Lipinski definition) is 0. The molecule has 124 valence electrons. The van der Waals surface area contributed by atoms with E-state index in [1.165, 1.54) is 36.9 Å². The molecule has 8 heteroatoms. The lowest BCUT2D eigenvalue weighted by Crippen LogP contribution is -2.10. The molecule has 0 saturated carbocycles. The van der Waals surface area contributed by atoms with Gasteiger partial charge in [-0.25, -0.2) is 9.59 Å². The van der Waals surface area contributed by atoms with Crippen LogP contribution < -0.4 is 0 Å². The first kappa shape index (κ1) is 15.6. The molecule has 6 nitrogen and oxygen atoms in total. The summed E-state index contributed by atoms with van der Waals surface area (Å²) in [5, 5.41) is 17.5. The lowest BCUT2D eigenvalue weighted by atomic mass is 10.1. The van der Waals surface area contributed by atoms with Crippen molar-refractivity contribution in [3.05, 3.63) is 39.0 Å². The summed E-state index contributed by atoms with van der Waals surface area (Å²) in [5.74, 6) is -1.42. The number of rotatable bonds is 2. The van der Waals surface area contributed by atoms with Crippen molar-refractivity contribution in [2.45, 2.75) is 0 Å². The van der Waals surface area contributed by atoms with E-state index in [2.05, 4.69) is 6.07 Å². The second-order valence-corrected chi connectivity index (χ2v) is 6.87. The van der Waals surface area contributed by atoms with Crippen molar-refractivity contribution in [1.82, 2.24) is 4.40 Å². The zero-order valence-electron chi connectivity index (χ0n) is 13.2. The first-order chi connectivity index (χ1) is 12.1. The molecule has 4 aromatic rings. The van der Waals surface area contributed by atoms with Crippen LogP contribution >= 0.6 is 22.7 Å². The fraction of sp³-hybridized carbons (Fsp3) is 0.118. The Bertz CT molecular complexity index is 1220. The molecule has 0 saturated heterocycles. The molecule has 4 heterocycles. The molecular formula is C17H10N2O4S2. The summed E-state index contributed by atoms with van der Waals surface area (Å²) in [6.45, 7) is 0. The van der Waals surface area contributed by atoms with Gasteiger partial charge in [0.1, 0.15) is 22.9 Å². The lowest BCUT2D eigenvalue weighted by Gasteiger charge is -2.04. The summed E-state index contributed by atoms with van der Waals surface area (Å²) in [6, 6.07) is 4.02. The predicted octanol–water partition coefficient (Wildman–Crippen LogP) is 3.81. The fourth-order valence-electron chi connectivity index (χ4n) is 3.11. The van der Waals surface area contributed by atoms with Crippen molar-refractivity contribution in [3.63, 3.8) is 0 Å². The number of thiophene rings is 2. The van der Waals surface area contributed by atoms with Gasteiger partial charge in [-0.3, -0.25) is 4.40 Å². The number of nitrogens with zero attached hydrogens (tertiary/aromatic N) is 2. The molecule has 0 fully saturated rings. The first-order valence-corrected chi connectivity index (χ1v) is 8.96. The van der Waals surface area contributed by atoms with Gasteiger partial charge in [0.15, 0.2) is 0 Å². The molecule has 0 radical (unpaired) electrons. The Morgan fingerprint density at radius 1 is 1.12 bits per heavy atom. The summed E-state index contributed by atoms with van der Waals surface area (Å²) < 4.78 is 12.2. The van der Waals surface area contributed by atoms with E-state index in [-0.39, 0.29) is 16.8 Å². The fourth-order valence-corrected chi connectivity index (χ4v) is 4.87. The van der Waals surface area contributed by atoms with Gasteiger partial charge in [-0.1, -0.05) is 0 Å². The van der Waals surface area contributed by atoms with Crippen molar-refractivity contribution in [3.8, 4) is 6.07 Å². The van der Waals surface area contributed by atoms with Crippen LogP contribution in [0.15, 0.2) is 22.2 Å². The van der Waals surface area contributed by atoms with Crippen molar-refractivity contribution in [2.75, 3.05) is 14.2 Å². The van der Waals surface area contributed by atoms with E-state index in [1.54, 1.807) is 4.40 Å². The Kier molecular flexibility index (Phi) is 3.49. The van der Waals surface area contributed by atoms with Crippen LogP contribution in [0.1, 0.15) is 26.4 Å². The van der Waals surface area contributed by atoms with Gasteiger partial charge in [-0.2, -0.15) is 5.26 Å². The van der Waals surface area contributed by atoms with Gasteiger partial charge in [0.05, 0.1) is 30.0 Å². The maximum absolute atomic E-state index is 12.5. The molecule has 25 heavy (non-hydrogen) atoms. The van der Waals surface area contributed by atoms with Crippen molar-refractivity contribution in [1.29, 1.82) is 5.26 Å². The number of hydrogen-bond acceptors (Lipinski definition) is 7. The molecule has 0 aliphatic rings. The molecule has 0 bridgehead atoms. The zero-order chi connectivity index (χ0) is 17.7. The average molecular weight is 370 g/mol. The molecule has 0 amide bonds. The number of carbonyl (C=O) groups excluding carboxylic acids is 2. The van der Waals surface area contributed by atoms with Crippen molar-refractivity contribution < 1.29 is 19.1 Å². The van der Waals surface area contributed by atoms with Crippen molar-refractivity contribution >= 4 is 61.1 Å². The number of pyridine rings is 1. The number of aromatic nitrogens is 1. The highest BCUT2D eigenvalue weighted by atomic mass is 32.1. The SMILES string of the molecule is COC(=O)c1c(C(=O)OC)c2c3sccc3c3cscc3n2c1C#N. The van der Waals surface area contributed by atoms with Crippen LogP contribution in [-0.2, 0) is 9.47 Å². The van der Waals surface area contributed by atoms with Gasteiger partial charge in [0.2, 0.25) is 0 Å². The number of methoxy groups -OCH3 is 2. The Labute approximate surface area is 149 Å². The number of carbonyl (C=O) groups is 2. The van der Waals surface area contributed by atoms with Crippen LogP contribution in [0.25, 0.3) is 26.5 Å². The molecule has 0 aliphatic heterocycles. The van der Waals surface area contributed by atoms with Crippen LogP contribution in [0.5, 0.6) is 0 Å². The lowest BCUT2D eigenvalue weighted by molar-refractivity contribution is 0.0558. The molecule has 0 unspecified atom stereocenters.